The number of anilines is 1. The number of amides is 2. The van der Waals surface area contributed by atoms with Crippen LogP contribution in [0.5, 0.6) is 0 Å². The standard InChI is InChI=1S/C32H32Cl2F3N3O3/c1-22(41)38-30(23-7-9-24(10-8-23)32(35,36)37)13-16-39(17-14-30)18-15-31(25-11-12-27(33)28(34)19-25)21-40(29(42)20-43-31)26-5-3-2-4-6-26/h2-12,19H,13-18,20-21H2,1H3,(H,38,41). The number of morpholine rings is 1. The van der Waals surface area contributed by atoms with Gasteiger partial charge in [0.2, 0.25) is 5.91 Å². The van der Waals surface area contributed by atoms with E-state index in [1.165, 1.54) is 19.1 Å². The van der Waals surface area contributed by atoms with E-state index < -0.39 is 22.9 Å². The van der Waals surface area contributed by atoms with E-state index in [-0.39, 0.29) is 25.0 Å². The molecule has 0 radical (unpaired) electrons. The summed E-state index contributed by atoms with van der Waals surface area (Å²) in [6, 6.07) is 19.8. The van der Waals surface area contributed by atoms with Crippen LogP contribution in [0, 0.1) is 0 Å². The maximum atomic E-state index is 13.2. The Morgan fingerprint density at radius 1 is 0.953 bits per heavy atom. The molecule has 0 spiro atoms. The minimum absolute atomic E-state index is 0.102. The first kappa shape index (κ1) is 31.3. The monoisotopic (exact) mass is 633 g/mol. The molecule has 43 heavy (non-hydrogen) atoms. The highest BCUT2D eigenvalue weighted by Crippen LogP contribution is 2.40. The molecule has 11 heteroatoms. The number of hydrogen-bond acceptors (Lipinski definition) is 4. The summed E-state index contributed by atoms with van der Waals surface area (Å²) in [6.45, 7) is 3.40. The van der Waals surface area contributed by atoms with Gasteiger partial charge in [-0.3, -0.25) is 9.59 Å². The van der Waals surface area contributed by atoms with Crippen LogP contribution in [0.2, 0.25) is 10.0 Å². The van der Waals surface area contributed by atoms with E-state index in [9.17, 15) is 22.8 Å². The zero-order chi connectivity index (χ0) is 30.8. The summed E-state index contributed by atoms with van der Waals surface area (Å²) < 4.78 is 45.9. The average Bonchev–Trinajstić information content (AvgIpc) is 2.99. The van der Waals surface area contributed by atoms with Crippen molar-refractivity contribution in [3.05, 3.63) is 99.5 Å². The fraction of sp³-hybridized carbons (Fsp3) is 0.375. The minimum atomic E-state index is -4.44. The van der Waals surface area contributed by atoms with Crippen molar-refractivity contribution < 1.29 is 27.5 Å². The smallest absolute Gasteiger partial charge is 0.359 e. The van der Waals surface area contributed by atoms with Crippen molar-refractivity contribution in [2.75, 3.05) is 37.7 Å². The number of likely N-dealkylation sites (tertiary alicyclic amines) is 1. The predicted molar refractivity (Wildman–Crippen MR) is 160 cm³/mol. The Labute approximate surface area is 258 Å². The molecular formula is C32H32Cl2F3N3O3. The quantitative estimate of drug-likeness (QED) is 0.311. The van der Waals surface area contributed by atoms with Gasteiger partial charge in [0.05, 0.1) is 27.7 Å². The SMILES string of the molecule is CC(=O)NC1(c2ccc(C(F)(F)F)cc2)CCN(CCC2(c3ccc(Cl)c(Cl)c3)CN(c3ccccc3)C(=O)CO2)CC1. The number of para-hydroxylation sites is 1. The molecule has 3 aromatic carbocycles. The summed E-state index contributed by atoms with van der Waals surface area (Å²) in [5.74, 6) is -0.385. The number of nitrogens with zero attached hydrogens (tertiary/aromatic N) is 2. The van der Waals surface area contributed by atoms with E-state index in [0.717, 1.165) is 23.4 Å². The number of carbonyl (C=O) groups is 2. The highest BCUT2D eigenvalue weighted by Gasteiger charge is 2.44. The fourth-order valence-corrected chi connectivity index (χ4v) is 6.36. The van der Waals surface area contributed by atoms with Crippen molar-refractivity contribution in [2.45, 2.75) is 43.5 Å². The van der Waals surface area contributed by atoms with Gasteiger partial charge < -0.3 is 19.9 Å². The molecule has 2 saturated heterocycles. The van der Waals surface area contributed by atoms with E-state index in [0.29, 0.717) is 54.5 Å². The molecule has 3 aromatic rings. The molecule has 0 aliphatic carbocycles. The minimum Gasteiger partial charge on any atom is -0.359 e. The third-order valence-corrected chi connectivity index (χ3v) is 9.16. The third-order valence-electron chi connectivity index (χ3n) is 8.42. The Morgan fingerprint density at radius 3 is 2.21 bits per heavy atom. The molecule has 228 valence electrons. The number of piperidine rings is 1. The second-order valence-corrected chi connectivity index (χ2v) is 12.0. The van der Waals surface area contributed by atoms with Crippen molar-refractivity contribution in [1.29, 1.82) is 0 Å². The van der Waals surface area contributed by atoms with Crippen molar-refractivity contribution in [3.8, 4) is 0 Å². The van der Waals surface area contributed by atoms with Crippen LogP contribution in [0.3, 0.4) is 0 Å². The number of rotatable bonds is 7. The van der Waals surface area contributed by atoms with Gasteiger partial charge in [-0.05, 0) is 66.8 Å². The molecule has 2 aliphatic heterocycles. The van der Waals surface area contributed by atoms with Gasteiger partial charge in [0.25, 0.3) is 5.91 Å². The topological polar surface area (TPSA) is 61.9 Å². The summed E-state index contributed by atoms with van der Waals surface area (Å²) in [7, 11) is 0. The normalized spacial score (nSPS) is 21.1. The number of benzene rings is 3. The first-order chi connectivity index (χ1) is 20.4. The Kier molecular flexibility index (Phi) is 9.09. The van der Waals surface area contributed by atoms with Crippen LogP contribution in [0.15, 0.2) is 72.8 Å². The first-order valence-electron chi connectivity index (χ1n) is 14.0. The second kappa shape index (κ2) is 12.5. The summed E-state index contributed by atoms with van der Waals surface area (Å²) >= 11 is 12.6. The Balaban J connectivity index is 1.36. The molecule has 6 nitrogen and oxygen atoms in total. The Morgan fingerprint density at radius 2 is 1.60 bits per heavy atom. The van der Waals surface area contributed by atoms with Crippen molar-refractivity contribution in [2.24, 2.45) is 0 Å². The lowest BCUT2D eigenvalue weighted by Crippen LogP contribution is -2.55. The van der Waals surface area contributed by atoms with Gasteiger partial charge in [0, 0.05) is 32.2 Å². The van der Waals surface area contributed by atoms with E-state index in [4.69, 9.17) is 27.9 Å². The van der Waals surface area contributed by atoms with Gasteiger partial charge >= 0.3 is 6.18 Å². The summed E-state index contributed by atoms with van der Waals surface area (Å²) in [5.41, 5.74) is -0.131. The molecular weight excluding hydrogens is 602 g/mol. The maximum absolute atomic E-state index is 13.2. The molecule has 2 amide bonds. The number of carbonyl (C=O) groups excluding carboxylic acids is 2. The van der Waals surface area contributed by atoms with Crippen LogP contribution in [-0.2, 0) is 31.6 Å². The Hall–Kier alpha value is -3.11. The lowest BCUT2D eigenvalue weighted by atomic mass is 9.80. The maximum Gasteiger partial charge on any atom is 0.416 e. The van der Waals surface area contributed by atoms with Crippen LogP contribution in [-0.4, -0.2) is 49.5 Å². The molecule has 2 heterocycles. The summed E-state index contributed by atoms with van der Waals surface area (Å²) in [4.78, 5) is 29.1. The lowest BCUT2D eigenvalue weighted by molar-refractivity contribution is -0.141. The van der Waals surface area contributed by atoms with Crippen molar-refractivity contribution in [3.63, 3.8) is 0 Å². The van der Waals surface area contributed by atoms with Crippen LogP contribution < -0.4 is 10.2 Å². The van der Waals surface area contributed by atoms with Gasteiger partial charge in [0.15, 0.2) is 0 Å². The molecule has 0 aromatic heterocycles. The van der Waals surface area contributed by atoms with Crippen LogP contribution in [0.1, 0.15) is 42.9 Å². The van der Waals surface area contributed by atoms with Gasteiger partial charge in [-0.1, -0.05) is 59.6 Å². The van der Waals surface area contributed by atoms with Crippen molar-refractivity contribution in [1.82, 2.24) is 10.2 Å². The van der Waals surface area contributed by atoms with Gasteiger partial charge in [-0.2, -0.15) is 13.2 Å². The summed E-state index contributed by atoms with van der Waals surface area (Å²) in [5, 5.41) is 3.83. The first-order valence-corrected chi connectivity index (χ1v) is 14.8. The Bertz CT molecular complexity index is 1460. The van der Waals surface area contributed by atoms with Gasteiger partial charge in [-0.15, -0.1) is 0 Å². The molecule has 1 unspecified atom stereocenters. The zero-order valence-electron chi connectivity index (χ0n) is 23.6. The number of halogens is 5. The van der Waals surface area contributed by atoms with E-state index >= 15 is 0 Å². The fourth-order valence-electron chi connectivity index (χ4n) is 6.06. The predicted octanol–water partition coefficient (Wildman–Crippen LogP) is 6.79. The number of alkyl halides is 3. The van der Waals surface area contributed by atoms with Crippen LogP contribution >= 0.6 is 23.2 Å². The number of ether oxygens (including phenoxy) is 1. The third kappa shape index (κ3) is 6.85. The highest BCUT2D eigenvalue weighted by molar-refractivity contribution is 6.42. The second-order valence-electron chi connectivity index (χ2n) is 11.2. The largest absolute Gasteiger partial charge is 0.416 e. The molecule has 0 bridgehead atoms. The summed E-state index contributed by atoms with van der Waals surface area (Å²) in [6.07, 6.45) is -2.86. The van der Waals surface area contributed by atoms with Crippen LogP contribution in [0.4, 0.5) is 18.9 Å². The van der Waals surface area contributed by atoms with Gasteiger partial charge in [-0.25, -0.2) is 0 Å². The molecule has 1 atom stereocenters. The highest BCUT2D eigenvalue weighted by atomic mass is 35.5. The lowest BCUT2D eigenvalue weighted by Gasteiger charge is -2.46. The number of hydrogen-bond donors (Lipinski definition) is 1. The van der Waals surface area contributed by atoms with Gasteiger partial charge in [0.1, 0.15) is 12.2 Å². The van der Waals surface area contributed by atoms with Crippen molar-refractivity contribution >= 4 is 40.7 Å². The zero-order valence-corrected chi connectivity index (χ0v) is 25.1. The molecule has 5 rings (SSSR count). The number of nitrogens with one attached hydrogen (secondary N) is 1. The van der Waals surface area contributed by atoms with E-state index in [1.54, 1.807) is 17.0 Å². The molecule has 1 N–H and O–H groups in total. The molecule has 2 aliphatic rings. The average molecular weight is 635 g/mol. The van der Waals surface area contributed by atoms with Crippen LogP contribution in [0.25, 0.3) is 0 Å². The molecule has 0 saturated carbocycles. The van der Waals surface area contributed by atoms with E-state index in [2.05, 4.69) is 10.2 Å². The molecule has 2 fully saturated rings. The van der Waals surface area contributed by atoms with E-state index in [1.807, 2.05) is 36.4 Å².